The molecule has 0 aliphatic carbocycles. The molecule has 1 aromatic heterocycles. The van der Waals surface area contributed by atoms with Crippen molar-refractivity contribution in [1.82, 2.24) is 10.3 Å². The van der Waals surface area contributed by atoms with Crippen LogP contribution in [0.15, 0.2) is 64.2 Å². The van der Waals surface area contributed by atoms with Gasteiger partial charge >= 0.3 is 0 Å². The number of nitrogens with zero attached hydrogens (tertiary/aromatic N) is 1. The molecule has 3 rings (SSSR count). The molecule has 0 bridgehead atoms. The highest BCUT2D eigenvalue weighted by molar-refractivity contribution is 8.00. The Morgan fingerprint density at radius 1 is 1.16 bits per heavy atom. The first-order chi connectivity index (χ1) is 12.2. The number of carbonyl (C=O) groups excluding carboxylic acids is 1. The Morgan fingerprint density at radius 2 is 1.88 bits per heavy atom. The molecular formula is C20H22N2O2S. The van der Waals surface area contributed by atoms with E-state index in [2.05, 4.69) is 29.4 Å². The third-order valence-corrected chi connectivity index (χ3v) is 4.96. The Morgan fingerprint density at radius 3 is 2.60 bits per heavy atom. The van der Waals surface area contributed by atoms with E-state index in [0.29, 0.717) is 5.22 Å². The van der Waals surface area contributed by atoms with Gasteiger partial charge in [-0.3, -0.25) is 4.79 Å². The van der Waals surface area contributed by atoms with Crippen LogP contribution < -0.4 is 5.32 Å². The maximum absolute atomic E-state index is 12.6. The Kier molecular flexibility index (Phi) is 5.76. The monoisotopic (exact) mass is 354 g/mol. The minimum Gasteiger partial charge on any atom is -0.431 e. The summed E-state index contributed by atoms with van der Waals surface area (Å²) in [7, 11) is 0. The second kappa shape index (κ2) is 8.21. The molecule has 5 heteroatoms. The third-order valence-electron chi connectivity index (χ3n) is 4.02. The summed E-state index contributed by atoms with van der Waals surface area (Å²) >= 11 is 1.34. The molecule has 25 heavy (non-hydrogen) atoms. The van der Waals surface area contributed by atoms with Gasteiger partial charge in [-0.2, -0.15) is 0 Å². The van der Waals surface area contributed by atoms with Crippen LogP contribution in [0.25, 0.3) is 11.1 Å². The van der Waals surface area contributed by atoms with Gasteiger partial charge in [0, 0.05) is 0 Å². The van der Waals surface area contributed by atoms with Crippen molar-refractivity contribution in [1.29, 1.82) is 0 Å². The van der Waals surface area contributed by atoms with Crippen molar-refractivity contribution >= 4 is 28.8 Å². The van der Waals surface area contributed by atoms with Crippen LogP contribution in [0.2, 0.25) is 0 Å². The number of rotatable bonds is 7. The molecule has 1 heterocycles. The molecule has 2 aromatic carbocycles. The SMILES string of the molecule is CCCC(NC(=O)C(C)Sc1nc2ccccc2o1)c1ccccc1. The average molecular weight is 354 g/mol. The van der Waals surface area contributed by atoms with Crippen LogP contribution in [0.1, 0.15) is 38.3 Å². The molecule has 0 radical (unpaired) electrons. The molecule has 2 unspecified atom stereocenters. The van der Waals surface area contributed by atoms with Crippen LogP contribution in [-0.4, -0.2) is 16.1 Å². The second-order valence-electron chi connectivity index (χ2n) is 5.97. The van der Waals surface area contributed by atoms with Gasteiger partial charge in [0.2, 0.25) is 5.91 Å². The molecule has 3 aromatic rings. The normalized spacial score (nSPS) is 13.5. The number of hydrogen-bond donors (Lipinski definition) is 1. The summed E-state index contributed by atoms with van der Waals surface area (Å²) in [5, 5.41) is 3.40. The fourth-order valence-electron chi connectivity index (χ4n) is 2.69. The first-order valence-corrected chi connectivity index (χ1v) is 9.43. The first-order valence-electron chi connectivity index (χ1n) is 8.55. The number of thioether (sulfide) groups is 1. The Hall–Kier alpha value is -2.27. The largest absolute Gasteiger partial charge is 0.431 e. The highest BCUT2D eigenvalue weighted by atomic mass is 32.2. The van der Waals surface area contributed by atoms with E-state index in [0.717, 1.165) is 29.5 Å². The summed E-state index contributed by atoms with van der Waals surface area (Å²) < 4.78 is 5.70. The van der Waals surface area contributed by atoms with Crippen molar-refractivity contribution in [3.8, 4) is 0 Å². The molecule has 0 spiro atoms. The fraction of sp³-hybridized carbons (Fsp3) is 0.300. The van der Waals surface area contributed by atoms with Gasteiger partial charge < -0.3 is 9.73 Å². The van der Waals surface area contributed by atoms with E-state index in [1.807, 2.05) is 49.4 Å². The molecular weight excluding hydrogens is 332 g/mol. The Balaban J connectivity index is 1.66. The summed E-state index contributed by atoms with van der Waals surface area (Å²) in [6.45, 7) is 4.00. The maximum Gasteiger partial charge on any atom is 0.257 e. The van der Waals surface area contributed by atoms with Crippen LogP contribution in [0, 0.1) is 0 Å². The van der Waals surface area contributed by atoms with Crippen molar-refractivity contribution in [3.05, 3.63) is 60.2 Å². The van der Waals surface area contributed by atoms with E-state index in [1.54, 1.807) is 0 Å². The fourth-order valence-corrected chi connectivity index (χ4v) is 3.46. The number of oxazole rings is 1. The highest BCUT2D eigenvalue weighted by Gasteiger charge is 2.21. The lowest BCUT2D eigenvalue weighted by molar-refractivity contribution is -0.121. The lowest BCUT2D eigenvalue weighted by Crippen LogP contribution is -2.34. The minimum atomic E-state index is -0.281. The van der Waals surface area contributed by atoms with Gasteiger partial charge in [0.05, 0.1) is 11.3 Å². The number of para-hydroxylation sites is 2. The Labute approximate surface area is 152 Å². The minimum absolute atomic E-state index is 0.00504. The summed E-state index contributed by atoms with van der Waals surface area (Å²) in [5.41, 5.74) is 2.69. The van der Waals surface area contributed by atoms with Crippen LogP contribution in [0.5, 0.6) is 0 Å². The van der Waals surface area contributed by atoms with Gasteiger partial charge in [-0.1, -0.05) is 67.6 Å². The predicted molar refractivity (Wildman–Crippen MR) is 102 cm³/mol. The molecule has 130 valence electrons. The van der Waals surface area contributed by atoms with E-state index < -0.39 is 0 Å². The summed E-state index contributed by atoms with van der Waals surface area (Å²) in [6, 6.07) is 17.7. The quantitative estimate of drug-likeness (QED) is 0.609. The molecule has 1 amide bonds. The summed E-state index contributed by atoms with van der Waals surface area (Å²) in [4.78, 5) is 17.0. The van der Waals surface area contributed by atoms with Gasteiger partial charge in [-0.15, -0.1) is 0 Å². The standard InChI is InChI=1S/C20H22N2O2S/c1-3-9-16(15-10-5-4-6-11-15)21-19(23)14(2)25-20-22-17-12-7-8-13-18(17)24-20/h4-8,10-14,16H,3,9H2,1-2H3,(H,21,23). The van der Waals surface area contributed by atoms with Gasteiger partial charge in [0.1, 0.15) is 5.52 Å². The van der Waals surface area contributed by atoms with Crippen LogP contribution in [0.3, 0.4) is 0 Å². The molecule has 1 N–H and O–H groups in total. The number of benzene rings is 2. The number of hydrogen-bond acceptors (Lipinski definition) is 4. The maximum atomic E-state index is 12.6. The summed E-state index contributed by atoms with van der Waals surface area (Å²) in [6.07, 6.45) is 1.92. The van der Waals surface area contributed by atoms with Crippen molar-refractivity contribution in [2.24, 2.45) is 0 Å². The summed E-state index contributed by atoms with van der Waals surface area (Å²) in [5.74, 6) is -0.00504. The molecule has 4 nitrogen and oxygen atoms in total. The molecule has 0 aliphatic rings. The van der Waals surface area contributed by atoms with Gasteiger partial charge in [0.15, 0.2) is 5.58 Å². The van der Waals surface area contributed by atoms with Crippen molar-refractivity contribution in [2.45, 2.75) is 43.2 Å². The lowest BCUT2D eigenvalue weighted by atomic mass is 10.0. The topological polar surface area (TPSA) is 55.1 Å². The van der Waals surface area contributed by atoms with Gasteiger partial charge in [0.25, 0.3) is 5.22 Å². The average Bonchev–Trinajstić information content (AvgIpc) is 3.04. The zero-order valence-electron chi connectivity index (χ0n) is 14.4. The van der Waals surface area contributed by atoms with Crippen molar-refractivity contribution < 1.29 is 9.21 Å². The zero-order valence-corrected chi connectivity index (χ0v) is 15.3. The molecule has 0 aliphatic heterocycles. The Bertz CT molecular complexity index is 799. The number of fused-ring (bicyclic) bond motifs is 1. The van der Waals surface area contributed by atoms with Crippen molar-refractivity contribution in [2.75, 3.05) is 0 Å². The molecule has 0 saturated carbocycles. The first kappa shape index (κ1) is 17.5. The van der Waals surface area contributed by atoms with Crippen molar-refractivity contribution in [3.63, 3.8) is 0 Å². The predicted octanol–water partition coefficient (Wildman–Crippen LogP) is 4.97. The van der Waals surface area contributed by atoms with Gasteiger partial charge in [-0.25, -0.2) is 4.98 Å². The van der Waals surface area contributed by atoms with Crippen LogP contribution >= 0.6 is 11.8 Å². The molecule has 0 fully saturated rings. The second-order valence-corrected chi connectivity index (χ2v) is 7.26. The third kappa shape index (κ3) is 4.42. The van der Waals surface area contributed by atoms with E-state index in [1.165, 1.54) is 11.8 Å². The van der Waals surface area contributed by atoms with Gasteiger partial charge in [-0.05, 0) is 31.0 Å². The van der Waals surface area contributed by atoms with E-state index >= 15 is 0 Å². The molecule has 2 atom stereocenters. The smallest absolute Gasteiger partial charge is 0.257 e. The van der Waals surface area contributed by atoms with Crippen LogP contribution in [-0.2, 0) is 4.79 Å². The number of carbonyl (C=O) groups is 1. The number of aromatic nitrogens is 1. The zero-order chi connectivity index (χ0) is 17.6. The van der Waals surface area contributed by atoms with E-state index in [9.17, 15) is 4.79 Å². The van der Waals surface area contributed by atoms with E-state index in [4.69, 9.17) is 4.42 Å². The number of amides is 1. The lowest BCUT2D eigenvalue weighted by Gasteiger charge is -2.20. The number of nitrogens with one attached hydrogen (secondary N) is 1. The van der Waals surface area contributed by atoms with E-state index in [-0.39, 0.29) is 17.2 Å². The van der Waals surface area contributed by atoms with Crippen LogP contribution in [0.4, 0.5) is 0 Å². The highest BCUT2D eigenvalue weighted by Crippen LogP contribution is 2.27. The molecule has 0 saturated heterocycles.